The minimum Gasteiger partial charge on any atom is -0.380 e. The second kappa shape index (κ2) is 6.30. The van der Waals surface area contributed by atoms with Crippen molar-refractivity contribution in [2.24, 2.45) is 0 Å². The fourth-order valence-electron chi connectivity index (χ4n) is 1.85. The summed E-state index contributed by atoms with van der Waals surface area (Å²) < 4.78 is 5.33. The Morgan fingerprint density at radius 1 is 1.44 bits per heavy atom. The lowest BCUT2D eigenvalue weighted by Crippen LogP contribution is -2.33. The minimum absolute atomic E-state index is 0.0762. The quantitative estimate of drug-likeness (QED) is 0.858. The number of aromatic nitrogens is 2. The molecule has 1 N–H and O–H groups in total. The van der Waals surface area contributed by atoms with E-state index >= 15 is 0 Å². The number of hydrogen-bond donors (Lipinski definition) is 1. The van der Waals surface area contributed by atoms with Gasteiger partial charge in [-0.15, -0.1) is 0 Å². The molecule has 0 unspecified atom stereocenters. The Morgan fingerprint density at radius 3 is 3.17 bits per heavy atom. The minimum atomic E-state index is -0.0762. The Morgan fingerprint density at radius 2 is 2.33 bits per heavy atom. The van der Waals surface area contributed by atoms with Crippen molar-refractivity contribution < 1.29 is 9.53 Å². The van der Waals surface area contributed by atoms with Crippen LogP contribution in [0.5, 0.6) is 0 Å². The van der Waals surface area contributed by atoms with Crippen molar-refractivity contribution in [1.29, 1.82) is 0 Å². The van der Waals surface area contributed by atoms with Crippen LogP contribution in [0.25, 0.3) is 0 Å². The number of rotatable bonds is 3. The van der Waals surface area contributed by atoms with Crippen LogP contribution >= 0.6 is 0 Å². The average molecular weight is 250 g/mol. The summed E-state index contributed by atoms with van der Waals surface area (Å²) in [5.74, 6) is 0.558. The first kappa shape index (κ1) is 12.8. The van der Waals surface area contributed by atoms with Crippen molar-refractivity contribution in [1.82, 2.24) is 14.9 Å². The smallest absolute Gasteiger partial charge is 0.274 e. The van der Waals surface area contributed by atoms with E-state index in [2.05, 4.69) is 15.3 Å². The standard InChI is InChI=1S/C12H18N4O2/c1-2-14-11-9-13-8-10(15-11)12(17)16-4-3-6-18-7-5-16/h8-9H,2-7H2,1H3,(H,14,15). The topological polar surface area (TPSA) is 67.4 Å². The van der Waals surface area contributed by atoms with Crippen LogP contribution in [0.4, 0.5) is 5.82 Å². The number of amides is 1. The first-order valence-corrected chi connectivity index (χ1v) is 6.24. The van der Waals surface area contributed by atoms with E-state index in [9.17, 15) is 4.79 Å². The summed E-state index contributed by atoms with van der Waals surface area (Å²) in [7, 11) is 0. The maximum absolute atomic E-state index is 12.2. The Labute approximate surface area is 106 Å². The number of nitrogens with one attached hydrogen (secondary N) is 1. The van der Waals surface area contributed by atoms with E-state index in [0.29, 0.717) is 37.8 Å². The third-order valence-electron chi connectivity index (χ3n) is 2.72. The number of hydrogen-bond acceptors (Lipinski definition) is 5. The molecule has 0 spiro atoms. The maximum atomic E-state index is 12.2. The summed E-state index contributed by atoms with van der Waals surface area (Å²) in [6.45, 7) is 5.36. The zero-order valence-electron chi connectivity index (χ0n) is 10.6. The molecule has 98 valence electrons. The average Bonchev–Trinajstić information content (AvgIpc) is 2.67. The number of carbonyl (C=O) groups is 1. The van der Waals surface area contributed by atoms with Crippen LogP contribution in [0, 0.1) is 0 Å². The summed E-state index contributed by atoms with van der Waals surface area (Å²) in [5, 5.41) is 3.05. The summed E-state index contributed by atoms with van der Waals surface area (Å²) in [4.78, 5) is 22.3. The van der Waals surface area contributed by atoms with Gasteiger partial charge in [-0.05, 0) is 13.3 Å². The van der Waals surface area contributed by atoms with Crippen LogP contribution in [0.15, 0.2) is 12.4 Å². The van der Waals surface area contributed by atoms with Gasteiger partial charge in [0.1, 0.15) is 11.5 Å². The predicted molar refractivity (Wildman–Crippen MR) is 67.5 cm³/mol. The van der Waals surface area contributed by atoms with Gasteiger partial charge in [-0.3, -0.25) is 9.78 Å². The second-order valence-corrected chi connectivity index (χ2v) is 4.08. The number of carbonyl (C=O) groups excluding carboxylic acids is 1. The van der Waals surface area contributed by atoms with E-state index < -0.39 is 0 Å². The fraction of sp³-hybridized carbons (Fsp3) is 0.583. The first-order valence-electron chi connectivity index (χ1n) is 6.24. The van der Waals surface area contributed by atoms with E-state index in [-0.39, 0.29) is 5.91 Å². The number of nitrogens with zero attached hydrogens (tertiary/aromatic N) is 3. The van der Waals surface area contributed by atoms with Gasteiger partial charge >= 0.3 is 0 Å². The van der Waals surface area contributed by atoms with Gasteiger partial charge in [-0.25, -0.2) is 4.98 Å². The van der Waals surface area contributed by atoms with Crippen LogP contribution in [-0.4, -0.2) is 53.6 Å². The van der Waals surface area contributed by atoms with Crippen molar-refractivity contribution in [2.45, 2.75) is 13.3 Å². The van der Waals surface area contributed by atoms with Crippen molar-refractivity contribution in [3.05, 3.63) is 18.1 Å². The highest BCUT2D eigenvalue weighted by atomic mass is 16.5. The molecule has 6 heteroatoms. The highest BCUT2D eigenvalue weighted by Gasteiger charge is 2.19. The Bertz CT molecular complexity index is 403. The van der Waals surface area contributed by atoms with Gasteiger partial charge in [0.15, 0.2) is 0 Å². The normalized spacial score (nSPS) is 16.2. The van der Waals surface area contributed by atoms with Gasteiger partial charge in [-0.1, -0.05) is 0 Å². The molecular weight excluding hydrogens is 232 g/mol. The van der Waals surface area contributed by atoms with Gasteiger partial charge < -0.3 is 15.0 Å². The molecule has 2 rings (SSSR count). The molecule has 0 radical (unpaired) electrons. The van der Waals surface area contributed by atoms with Gasteiger partial charge in [0.25, 0.3) is 5.91 Å². The molecule has 6 nitrogen and oxygen atoms in total. The molecule has 1 aliphatic rings. The van der Waals surface area contributed by atoms with Crippen LogP contribution in [0.2, 0.25) is 0 Å². The Balaban J connectivity index is 2.09. The van der Waals surface area contributed by atoms with Crippen LogP contribution in [-0.2, 0) is 4.74 Å². The first-order chi connectivity index (χ1) is 8.81. The Kier molecular flexibility index (Phi) is 4.46. The van der Waals surface area contributed by atoms with Gasteiger partial charge in [0.2, 0.25) is 0 Å². The molecule has 1 fully saturated rings. The lowest BCUT2D eigenvalue weighted by molar-refractivity contribution is 0.0735. The van der Waals surface area contributed by atoms with Crippen LogP contribution in [0.1, 0.15) is 23.8 Å². The van der Waals surface area contributed by atoms with Crippen LogP contribution in [0.3, 0.4) is 0 Å². The van der Waals surface area contributed by atoms with Crippen molar-refractivity contribution in [3.63, 3.8) is 0 Å². The molecule has 0 atom stereocenters. The van der Waals surface area contributed by atoms with E-state index in [1.165, 1.54) is 6.20 Å². The third kappa shape index (κ3) is 3.16. The molecule has 1 aliphatic heterocycles. The van der Waals surface area contributed by atoms with Crippen molar-refractivity contribution in [3.8, 4) is 0 Å². The molecular formula is C12H18N4O2. The zero-order chi connectivity index (χ0) is 12.8. The predicted octanol–water partition coefficient (Wildman–Crippen LogP) is 0.771. The number of ether oxygens (including phenoxy) is 1. The summed E-state index contributed by atoms with van der Waals surface area (Å²) in [5.41, 5.74) is 0.385. The van der Waals surface area contributed by atoms with Gasteiger partial charge in [0.05, 0.1) is 19.0 Å². The number of anilines is 1. The summed E-state index contributed by atoms with van der Waals surface area (Å²) in [6, 6.07) is 0. The van der Waals surface area contributed by atoms with Crippen molar-refractivity contribution in [2.75, 3.05) is 38.2 Å². The molecule has 1 amide bonds. The molecule has 1 saturated heterocycles. The molecule has 2 heterocycles. The van der Waals surface area contributed by atoms with Gasteiger partial charge in [0, 0.05) is 26.2 Å². The SMILES string of the molecule is CCNc1cncc(C(=O)N2CCCOCC2)n1. The summed E-state index contributed by atoms with van der Waals surface area (Å²) >= 11 is 0. The molecule has 0 saturated carbocycles. The lowest BCUT2D eigenvalue weighted by atomic mass is 10.3. The van der Waals surface area contributed by atoms with Crippen molar-refractivity contribution >= 4 is 11.7 Å². The van der Waals surface area contributed by atoms with E-state index in [4.69, 9.17) is 4.74 Å². The monoisotopic (exact) mass is 250 g/mol. The molecule has 0 bridgehead atoms. The largest absolute Gasteiger partial charge is 0.380 e. The fourth-order valence-corrected chi connectivity index (χ4v) is 1.85. The van der Waals surface area contributed by atoms with E-state index in [1.807, 2.05) is 6.92 Å². The second-order valence-electron chi connectivity index (χ2n) is 4.08. The molecule has 18 heavy (non-hydrogen) atoms. The van der Waals surface area contributed by atoms with E-state index in [1.54, 1.807) is 11.1 Å². The molecule has 1 aromatic rings. The van der Waals surface area contributed by atoms with Gasteiger partial charge in [-0.2, -0.15) is 0 Å². The lowest BCUT2D eigenvalue weighted by Gasteiger charge is -2.19. The third-order valence-corrected chi connectivity index (χ3v) is 2.72. The molecule has 0 aromatic carbocycles. The zero-order valence-corrected chi connectivity index (χ0v) is 10.6. The molecule has 0 aliphatic carbocycles. The molecule has 1 aromatic heterocycles. The summed E-state index contributed by atoms with van der Waals surface area (Å²) in [6.07, 6.45) is 3.99. The van der Waals surface area contributed by atoms with E-state index in [0.717, 1.165) is 13.0 Å². The highest BCUT2D eigenvalue weighted by molar-refractivity contribution is 5.92. The Hall–Kier alpha value is -1.69. The maximum Gasteiger partial charge on any atom is 0.274 e. The van der Waals surface area contributed by atoms with Crippen LogP contribution < -0.4 is 5.32 Å². The highest BCUT2D eigenvalue weighted by Crippen LogP contribution is 2.07.